The fourth-order valence-electron chi connectivity index (χ4n) is 2.92. The first-order valence-corrected chi connectivity index (χ1v) is 7.05. The van der Waals surface area contributed by atoms with Gasteiger partial charge in [0.15, 0.2) is 0 Å². The Labute approximate surface area is 119 Å². The van der Waals surface area contributed by atoms with Gasteiger partial charge in [-0.2, -0.15) is 5.26 Å². The minimum atomic E-state index is -0.334. The predicted molar refractivity (Wildman–Crippen MR) is 76.2 cm³/mol. The maximum atomic E-state index is 11.0. The quantitative estimate of drug-likeness (QED) is 0.454. The molecule has 0 atom stereocenters. The van der Waals surface area contributed by atoms with Gasteiger partial charge in [-0.1, -0.05) is 31.0 Å². The molecule has 1 aromatic rings. The van der Waals surface area contributed by atoms with Crippen molar-refractivity contribution in [1.82, 2.24) is 4.90 Å². The predicted octanol–water partition coefficient (Wildman–Crippen LogP) is 2.91. The molecule has 1 aliphatic carbocycles. The zero-order valence-corrected chi connectivity index (χ0v) is 11.5. The standard InChI is InChI=1S/C15H19N3O2/c16-10-12-17(14-6-2-3-7-14)11-9-13-5-1-4-8-15(13)18(19)20/h1,4-5,8,14H,2-3,6-7,9,11-12H2. The minimum absolute atomic E-state index is 0.177. The normalized spacial score (nSPS) is 15.4. The topological polar surface area (TPSA) is 70.2 Å². The molecule has 20 heavy (non-hydrogen) atoms. The van der Waals surface area contributed by atoms with Crippen LogP contribution < -0.4 is 0 Å². The van der Waals surface area contributed by atoms with E-state index in [1.165, 1.54) is 12.8 Å². The van der Waals surface area contributed by atoms with Gasteiger partial charge in [0.1, 0.15) is 0 Å². The van der Waals surface area contributed by atoms with Crippen LogP contribution in [0.1, 0.15) is 31.2 Å². The lowest BCUT2D eigenvalue weighted by Crippen LogP contribution is -2.35. The van der Waals surface area contributed by atoms with Crippen molar-refractivity contribution < 1.29 is 4.92 Å². The summed E-state index contributed by atoms with van der Waals surface area (Å²) >= 11 is 0. The van der Waals surface area contributed by atoms with Gasteiger partial charge in [0.05, 0.1) is 17.5 Å². The Kier molecular flexibility index (Phi) is 5.08. The molecular formula is C15H19N3O2. The summed E-state index contributed by atoms with van der Waals surface area (Å²) in [4.78, 5) is 12.8. The van der Waals surface area contributed by atoms with Crippen LogP contribution >= 0.6 is 0 Å². The number of para-hydroxylation sites is 1. The maximum Gasteiger partial charge on any atom is 0.272 e. The molecule has 0 spiro atoms. The summed E-state index contributed by atoms with van der Waals surface area (Å²) in [6, 6.07) is 9.54. The maximum absolute atomic E-state index is 11.0. The molecule has 1 fully saturated rings. The van der Waals surface area contributed by atoms with Crippen molar-refractivity contribution in [3.63, 3.8) is 0 Å². The minimum Gasteiger partial charge on any atom is -0.287 e. The molecule has 0 heterocycles. The van der Waals surface area contributed by atoms with Crippen molar-refractivity contribution in [1.29, 1.82) is 5.26 Å². The zero-order valence-electron chi connectivity index (χ0n) is 11.5. The van der Waals surface area contributed by atoms with Gasteiger partial charge in [-0.25, -0.2) is 0 Å². The second-order valence-electron chi connectivity index (χ2n) is 5.20. The number of nitro groups is 1. The largest absolute Gasteiger partial charge is 0.287 e. The summed E-state index contributed by atoms with van der Waals surface area (Å²) in [6.45, 7) is 1.12. The first-order valence-electron chi connectivity index (χ1n) is 7.05. The highest BCUT2D eigenvalue weighted by Crippen LogP contribution is 2.24. The van der Waals surface area contributed by atoms with Crippen molar-refractivity contribution in [3.05, 3.63) is 39.9 Å². The van der Waals surface area contributed by atoms with Gasteiger partial charge < -0.3 is 0 Å². The lowest BCUT2D eigenvalue weighted by Gasteiger charge is -2.26. The van der Waals surface area contributed by atoms with Crippen molar-refractivity contribution in [3.8, 4) is 6.07 Å². The van der Waals surface area contributed by atoms with Gasteiger partial charge in [0, 0.05) is 24.2 Å². The van der Waals surface area contributed by atoms with Crippen LogP contribution in [0.3, 0.4) is 0 Å². The number of rotatable bonds is 6. The number of nitro benzene ring substituents is 1. The van der Waals surface area contributed by atoms with Crippen molar-refractivity contribution in [2.24, 2.45) is 0 Å². The van der Waals surface area contributed by atoms with Gasteiger partial charge in [-0.3, -0.25) is 15.0 Å². The van der Waals surface area contributed by atoms with Crippen molar-refractivity contribution in [2.75, 3.05) is 13.1 Å². The van der Waals surface area contributed by atoms with E-state index in [0.717, 1.165) is 18.4 Å². The summed E-state index contributed by atoms with van der Waals surface area (Å²) in [5, 5.41) is 19.9. The number of nitrogens with zero attached hydrogens (tertiary/aromatic N) is 3. The van der Waals surface area contributed by atoms with E-state index >= 15 is 0 Å². The molecule has 1 saturated carbocycles. The average Bonchev–Trinajstić information content (AvgIpc) is 2.97. The van der Waals surface area contributed by atoms with E-state index in [0.29, 0.717) is 25.6 Å². The summed E-state index contributed by atoms with van der Waals surface area (Å²) in [5.74, 6) is 0. The number of hydrogen-bond donors (Lipinski definition) is 0. The molecule has 5 nitrogen and oxygen atoms in total. The van der Waals surface area contributed by atoms with Gasteiger partial charge in [0.2, 0.25) is 0 Å². The molecule has 2 rings (SSSR count). The molecule has 0 saturated heterocycles. The third-order valence-corrected chi connectivity index (χ3v) is 3.97. The van der Waals surface area contributed by atoms with E-state index in [9.17, 15) is 10.1 Å². The number of benzene rings is 1. The highest BCUT2D eigenvalue weighted by atomic mass is 16.6. The van der Waals surface area contributed by atoms with Crippen LogP contribution in [0.2, 0.25) is 0 Å². The molecule has 0 radical (unpaired) electrons. The monoisotopic (exact) mass is 273 g/mol. The molecular weight excluding hydrogens is 254 g/mol. The van der Waals surface area contributed by atoms with E-state index in [1.54, 1.807) is 18.2 Å². The van der Waals surface area contributed by atoms with Crippen molar-refractivity contribution >= 4 is 5.69 Å². The molecule has 0 bridgehead atoms. The van der Waals surface area contributed by atoms with Crippen molar-refractivity contribution in [2.45, 2.75) is 38.1 Å². The average molecular weight is 273 g/mol. The summed E-state index contributed by atoms with van der Waals surface area (Å²) in [5.41, 5.74) is 0.925. The fourth-order valence-corrected chi connectivity index (χ4v) is 2.92. The van der Waals surface area contributed by atoms with Crippen LogP contribution in [-0.4, -0.2) is 29.0 Å². The smallest absolute Gasteiger partial charge is 0.272 e. The van der Waals surface area contributed by atoms with Crippen LogP contribution in [0.5, 0.6) is 0 Å². The lowest BCUT2D eigenvalue weighted by atomic mass is 10.1. The highest BCUT2D eigenvalue weighted by Gasteiger charge is 2.23. The van der Waals surface area contributed by atoms with E-state index in [4.69, 9.17) is 5.26 Å². The SMILES string of the molecule is N#CCN(CCc1ccccc1[N+](=O)[O-])C1CCCC1. The lowest BCUT2D eigenvalue weighted by molar-refractivity contribution is -0.385. The van der Waals surface area contributed by atoms with E-state index in [1.807, 2.05) is 6.07 Å². The molecule has 106 valence electrons. The fraction of sp³-hybridized carbons (Fsp3) is 0.533. The molecule has 0 N–H and O–H groups in total. The molecule has 5 heteroatoms. The van der Waals surface area contributed by atoms with E-state index in [2.05, 4.69) is 11.0 Å². The van der Waals surface area contributed by atoms with Crippen LogP contribution in [-0.2, 0) is 6.42 Å². The van der Waals surface area contributed by atoms with Gasteiger partial charge in [-0.15, -0.1) is 0 Å². The number of hydrogen-bond acceptors (Lipinski definition) is 4. The second-order valence-corrected chi connectivity index (χ2v) is 5.20. The van der Waals surface area contributed by atoms with E-state index < -0.39 is 0 Å². The Morgan fingerprint density at radius 1 is 1.35 bits per heavy atom. The first-order chi connectivity index (χ1) is 9.72. The van der Waals surface area contributed by atoms with Crippen LogP contribution in [0.4, 0.5) is 5.69 Å². The van der Waals surface area contributed by atoms with E-state index in [-0.39, 0.29) is 10.6 Å². The van der Waals surface area contributed by atoms with Crippen LogP contribution in [0.25, 0.3) is 0 Å². The molecule has 0 aliphatic heterocycles. The van der Waals surface area contributed by atoms with Crippen LogP contribution in [0.15, 0.2) is 24.3 Å². The Morgan fingerprint density at radius 2 is 2.05 bits per heavy atom. The van der Waals surface area contributed by atoms with Gasteiger partial charge >= 0.3 is 0 Å². The van der Waals surface area contributed by atoms with Gasteiger partial charge in [-0.05, 0) is 19.3 Å². The highest BCUT2D eigenvalue weighted by molar-refractivity contribution is 5.39. The first kappa shape index (κ1) is 14.5. The molecule has 1 aliphatic rings. The number of nitriles is 1. The molecule has 1 aromatic carbocycles. The Morgan fingerprint density at radius 3 is 2.70 bits per heavy atom. The summed E-state index contributed by atoms with van der Waals surface area (Å²) < 4.78 is 0. The third kappa shape index (κ3) is 3.55. The van der Waals surface area contributed by atoms with Gasteiger partial charge in [0.25, 0.3) is 5.69 Å². The second kappa shape index (κ2) is 7.01. The summed E-state index contributed by atoms with van der Waals surface area (Å²) in [6.07, 6.45) is 5.34. The van der Waals surface area contributed by atoms with Crippen LogP contribution in [0, 0.1) is 21.4 Å². The third-order valence-electron chi connectivity index (χ3n) is 3.97. The summed E-state index contributed by atoms with van der Waals surface area (Å²) in [7, 11) is 0. The Bertz CT molecular complexity index is 504. The molecule has 0 aromatic heterocycles. The Balaban J connectivity index is 2.02. The molecule has 0 unspecified atom stereocenters. The zero-order chi connectivity index (χ0) is 14.4. The Hall–Kier alpha value is -1.93. The molecule has 0 amide bonds.